The first-order valence-electron chi connectivity index (χ1n) is 13.7. The maximum absolute atomic E-state index is 13.1. The SMILES string of the molecule is Cc1c(Cl)ccc(S(=O)(=O)N(C)CC(=O)NCC(=O)N(CCCCN2CCCC2)CCCc2ccncc2)c1Cl. The molecule has 12 heteroatoms. The minimum Gasteiger partial charge on any atom is -0.346 e. The highest BCUT2D eigenvalue weighted by molar-refractivity contribution is 7.89. The number of nitrogens with zero attached hydrogens (tertiary/aromatic N) is 4. The number of amides is 2. The average molecular weight is 613 g/mol. The summed E-state index contributed by atoms with van der Waals surface area (Å²) in [5.41, 5.74) is 1.60. The predicted octanol–water partition coefficient (Wildman–Crippen LogP) is 3.77. The van der Waals surface area contributed by atoms with Gasteiger partial charge in [-0.05, 0) is 100 Å². The summed E-state index contributed by atoms with van der Waals surface area (Å²) in [4.78, 5) is 33.9. The first-order valence-corrected chi connectivity index (χ1v) is 15.9. The molecule has 0 atom stereocenters. The molecule has 0 bridgehead atoms. The molecule has 1 aromatic heterocycles. The Morgan fingerprint density at radius 3 is 2.40 bits per heavy atom. The van der Waals surface area contributed by atoms with E-state index >= 15 is 0 Å². The molecule has 0 aliphatic carbocycles. The molecule has 1 aliphatic heterocycles. The smallest absolute Gasteiger partial charge is 0.244 e. The van der Waals surface area contributed by atoms with E-state index < -0.39 is 22.5 Å². The number of likely N-dealkylation sites (N-methyl/N-ethyl adjacent to an activating group) is 1. The van der Waals surface area contributed by atoms with Crippen LogP contribution in [-0.2, 0) is 26.0 Å². The molecule has 0 unspecified atom stereocenters. The van der Waals surface area contributed by atoms with Crippen molar-refractivity contribution in [2.45, 2.75) is 50.3 Å². The number of hydrogen-bond donors (Lipinski definition) is 1. The Morgan fingerprint density at radius 2 is 1.70 bits per heavy atom. The maximum Gasteiger partial charge on any atom is 0.244 e. The lowest BCUT2D eigenvalue weighted by Gasteiger charge is -2.24. The number of nitrogens with one attached hydrogen (secondary N) is 1. The minimum atomic E-state index is -4.04. The first kappa shape index (κ1) is 32.3. The van der Waals surface area contributed by atoms with E-state index in [1.54, 1.807) is 24.2 Å². The Kier molecular flexibility index (Phi) is 12.6. The van der Waals surface area contributed by atoms with E-state index in [2.05, 4.69) is 15.2 Å². The number of aryl methyl sites for hydroxylation is 1. The summed E-state index contributed by atoms with van der Waals surface area (Å²) in [7, 11) is -2.75. The molecule has 0 radical (unpaired) electrons. The van der Waals surface area contributed by atoms with Crippen molar-refractivity contribution in [3.8, 4) is 0 Å². The zero-order valence-electron chi connectivity index (χ0n) is 23.2. The quantitative estimate of drug-likeness (QED) is 0.308. The summed E-state index contributed by atoms with van der Waals surface area (Å²) in [5.74, 6) is -0.766. The van der Waals surface area contributed by atoms with Crippen molar-refractivity contribution < 1.29 is 18.0 Å². The normalized spacial score (nSPS) is 14.0. The number of likely N-dealkylation sites (tertiary alicyclic amines) is 1. The molecule has 9 nitrogen and oxygen atoms in total. The van der Waals surface area contributed by atoms with Gasteiger partial charge in [0, 0.05) is 37.6 Å². The van der Waals surface area contributed by atoms with Crippen LogP contribution in [0.2, 0.25) is 10.0 Å². The number of rotatable bonds is 15. The molecule has 0 spiro atoms. The molecule has 40 heavy (non-hydrogen) atoms. The van der Waals surface area contributed by atoms with Crippen LogP contribution in [0.5, 0.6) is 0 Å². The fourth-order valence-corrected chi connectivity index (χ4v) is 6.57. The lowest BCUT2D eigenvalue weighted by molar-refractivity contribution is -0.133. The van der Waals surface area contributed by atoms with Gasteiger partial charge < -0.3 is 15.1 Å². The van der Waals surface area contributed by atoms with E-state index in [9.17, 15) is 18.0 Å². The molecular weight excluding hydrogens is 573 g/mol. The number of aromatic nitrogens is 1. The Labute approximate surface area is 247 Å². The van der Waals surface area contributed by atoms with Gasteiger partial charge in [0.1, 0.15) is 4.90 Å². The second-order valence-electron chi connectivity index (χ2n) is 10.1. The van der Waals surface area contributed by atoms with Gasteiger partial charge in [0.25, 0.3) is 0 Å². The molecule has 1 aromatic carbocycles. The van der Waals surface area contributed by atoms with Gasteiger partial charge in [0.15, 0.2) is 0 Å². The minimum absolute atomic E-state index is 0.0158. The molecule has 1 N–H and O–H groups in total. The number of halogens is 2. The van der Waals surface area contributed by atoms with Gasteiger partial charge in [-0.3, -0.25) is 14.6 Å². The summed E-state index contributed by atoms with van der Waals surface area (Å²) in [5, 5.41) is 2.96. The Morgan fingerprint density at radius 1 is 1.02 bits per heavy atom. The molecule has 1 saturated heterocycles. The molecule has 0 saturated carbocycles. The number of carbonyl (C=O) groups is 2. The highest BCUT2D eigenvalue weighted by atomic mass is 35.5. The van der Waals surface area contributed by atoms with Crippen LogP contribution < -0.4 is 5.32 Å². The van der Waals surface area contributed by atoms with Crippen molar-refractivity contribution >= 4 is 45.0 Å². The van der Waals surface area contributed by atoms with E-state index in [-0.39, 0.29) is 22.4 Å². The van der Waals surface area contributed by atoms with Gasteiger partial charge in [0.05, 0.1) is 18.1 Å². The van der Waals surface area contributed by atoms with E-state index in [0.29, 0.717) is 23.7 Å². The first-order chi connectivity index (χ1) is 19.1. The molecule has 2 amide bonds. The molecular formula is C28H39Cl2N5O4S. The van der Waals surface area contributed by atoms with Crippen LogP contribution in [0.15, 0.2) is 41.6 Å². The number of pyridine rings is 1. The van der Waals surface area contributed by atoms with Gasteiger partial charge in [-0.15, -0.1) is 0 Å². The van der Waals surface area contributed by atoms with Crippen molar-refractivity contribution in [3.63, 3.8) is 0 Å². The maximum atomic E-state index is 13.1. The van der Waals surface area contributed by atoms with Crippen molar-refractivity contribution in [1.82, 2.24) is 24.4 Å². The summed E-state index contributed by atoms with van der Waals surface area (Å²) in [6.45, 7) is 5.49. The van der Waals surface area contributed by atoms with Crippen LogP contribution in [-0.4, -0.2) is 92.2 Å². The predicted molar refractivity (Wildman–Crippen MR) is 158 cm³/mol. The number of hydrogen-bond acceptors (Lipinski definition) is 6. The van der Waals surface area contributed by atoms with Crippen molar-refractivity contribution in [3.05, 3.63) is 57.8 Å². The Hall–Kier alpha value is -2.24. The third kappa shape index (κ3) is 9.41. The monoisotopic (exact) mass is 611 g/mol. The third-order valence-electron chi connectivity index (χ3n) is 7.12. The number of carbonyl (C=O) groups excluding carboxylic acids is 2. The van der Waals surface area contributed by atoms with Crippen LogP contribution in [0.1, 0.15) is 43.2 Å². The second kappa shape index (κ2) is 15.7. The molecule has 3 rings (SSSR count). The average Bonchev–Trinajstić information content (AvgIpc) is 3.45. The molecule has 1 aliphatic rings. The van der Waals surface area contributed by atoms with Crippen molar-refractivity contribution in [1.29, 1.82) is 0 Å². The van der Waals surface area contributed by atoms with Crippen LogP contribution in [0.3, 0.4) is 0 Å². The molecule has 2 aromatic rings. The summed E-state index contributed by atoms with van der Waals surface area (Å²) in [6, 6.07) is 6.70. The zero-order chi connectivity index (χ0) is 29.1. The van der Waals surface area contributed by atoms with E-state index in [0.717, 1.165) is 55.2 Å². The van der Waals surface area contributed by atoms with Crippen LogP contribution in [0, 0.1) is 6.92 Å². The van der Waals surface area contributed by atoms with Crippen LogP contribution in [0.25, 0.3) is 0 Å². The van der Waals surface area contributed by atoms with E-state index in [4.69, 9.17) is 23.2 Å². The van der Waals surface area contributed by atoms with Crippen LogP contribution in [0.4, 0.5) is 0 Å². The standard InChI is InChI=1S/C28H39Cl2N5O4S/c1-22-24(29)9-10-25(28(22)30)40(38,39)33(2)21-26(36)32-20-27(37)35(18-6-5-17-34-15-3-4-16-34)19-7-8-23-11-13-31-14-12-23/h9-14H,3-8,15-21H2,1-2H3,(H,32,36). The van der Waals surface area contributed by atoms with Crippen molar-refractivity contribution in [2.75, 3.05) is 52.9 Å². The zero-order valence-corrected chi connectivity index (χ0v) is 25.6. The molecule has 1 fully saturated rings. The van der Waals surface area contributed by atoms with Gasteiger partial charge in [-0.25, -0.2) is 8.42 Å². The van der Waals surface area contributed by atoms with Crippen molar-refractivity contribution in [2.24, 2.45) is 0 Å². The summed E-state index contributed by atoms with van der Waals surface area (Å²) in [6.07, 6.45) is 9.52. The molecule has 2 heterocycles. The number of unbranched alkanes of at least 4 members (excludes halogenated alkanes) is 1. The fourth-order valence-electron chi connectivity index (χ4n) is 4.66. The van der Waals surface area contributed by atoms with E-state index in [1.165, 1.54) is 32.0 Å². The second-order valence-corrected chi connectivity index (χ2v) is 12.9. The fraction of sp³-hybridized carbons (Fsp3) is 0.536. The lowest BCUT2D eigenvalue weighted by Crippen LogP contribution is -2.44. The van der Waals surface area contributed by atoms with Gasteiger partial charge in [-0.2, -0.15) is 4.31 Å². The lowest BCUT2D eigenvalue weighted by atomic mass is 10.1. The topological polar surface area (TPSA) is 103 Å². The number of sulfonamides is 1. The van der Waals surface area contributed by atoms with Crippen LogP contribution >= 0.6 is 23.2 Å². The number of benzene rings is 1. The highest BCUT2D eigenvalue weighted by Gasteiger charge is 2.27. The third-order valence-corrected chi connectivity index (χ3v) is 9.98. The van der Waals surface area contributed by atoms with E-state index in [1.807, 2.05) is 12.1 Å². The summed E-state index contributed by atoms with van der Waals surface area (Å²) >= 11 is 12.3. The Balaban J connectivity index is 1.52. The highest BCUT2D eigenvalue weighted by Crippen LogP contribution is 2.31. The largest absolute Gasteiger partial charge is 0.346 e. The molecule has 220 valence electrons. The van der Waals surface area contributed by atoms with Gasteiger partial charge in [-0.1, -0.05) is 23.2 Å². The Bertz CT molecular complexity index is 1240. The summed E-state index contributed by atoms with van der Waals surface area (Å²) < 4.78 is 26.9. The van der Waals surface area contributed by atoms with Gasteiger partial charge >= 0.3 is 0 Å². The van der Waals surface area contributed by atoms with Gasteiger partial charge in [0.2, 0.25) is 21.8 Å².